The van der Waals surface area contributed by atoms with Crippen molar-refractivity contribution in [2.24, 2.45) is 0 Å². The highest BCUT2D eigenvalue weighted by Gasteiger charge is 2.14. The van der Waals surface area contributed by atoms with Gasteiger partial charge in [0.05, 0.1) is 0 Å². The molecular formula is C18H17FN2. The predicted octanol–water partition coefficient (Wildman–Crippen LogP) is 4.94. The summed E-state index contributed by atoms with van der Waals surface area (Å²) in [5.74, 6) is -0.226. The first-order valence-electron chi connectivity index (χ1n) is 7.05. The monoisotopic (exact) mass is 280 g/mol. The maximum Gasteiger partial charge on any atom is 0.123 e. The van der Waals surface area contributed by atoms with E-state index in [-0.39, 0.29) is 11.9 Å². The first-order chi connectivity index (χ1) is 10.1. The number of hydrogen-bond acceptors (Lipinski definition) is 1. The Morgan fingerprint density at radius 2 is 1.57 bits per heavy atom. The van der Waals surface area contributed by atoms with Crippen LogP contribution in [0.2, 0.25) is 0 Å². The van der Waals surface area contributed by atoms with Gasteiger partial charge in [0.2, 0.25) is 0 Å². The van der Waals surface area contributed by atoms with Crippen molar-refractivity contribution in [1.82, 2.24) is 9.78 Å². The van der Waals surface area contributed by atoms with Gasteiger partial charge in [-0.2, -0.15) is 5.10 Å². The van der Waals surface area contributed by atoms with Crippen molar-refractivity contribution in [2.75, 3.05) is 0 Å². The largest absolute Gasteiger partial charge is 0.269 e. The third-order valence-electron chi connectivity index (χ3n) is 3.46. The Morgan fingerprint density at radius 3 is 2.19 bits per heavy atom. The average molecular weight is 280 g/mol. The van der Waals surface area contributed by atoms with Gasteiger partial charge in [-0.3, -0.25) is 4.68 Å². The second-order valence-electron chi connectivity index (χ2n) is 5.34. The van der Waals surface area contributed by atoms with Gasteiger partial charge in [0, 0.05) is 23.4 Å². The number of aromatic nitrogens is 2. The summed E-state index contributed by atoms with van der Waals surface area (Å²) in [7, 11) is 0. The fraction of sp³-hybridized carbons (Fsp3) is 0.167. The van der Waals surface area contributed by atoms with Gasteiger partial charge in [-0.1, -0.05) is 42.5 Å². The molecule has 0 aliphatic carbocycles. The molecule has 0 saturated heterocycles. The van der Waals surface area contributed by atoms with Crippen molar-refractivity contribution in [2.45, 2.75) is 19.9 Å². The highest BCUT2D eigenvalue weighted by Crippen LogP contribution is 2.31. The quantitative estimate of drug-likeness (QED) is 0.664. The minimum Gasteiger partial charge on any atom is -0.269 e. The van der Waals surface area contributed by atoms with Gasteiger partial charge in [0.25, 0.3) is 0 Å². The van der Waals surface area contributed by atoms with Gasteiger partial charge in [-0.25, -0.2) is 4.39 Å². The molecule has 3 heteroatoms. The third-order valence-corrected chi connectivity index (χ3v) is 3.46. The summed E-state index contributed by atoms with van der Waals surface area (Å²) in [5, 5.41) is 4.70. The summed E-state index contributed by atoms with van der Waals surface area (Å²) in [6.45, 7) is 4.19. The lowest BCUT2D eigenvalue weighted by Gasteiger charge is -2.03. The van der Waals surface area contributed by atoms with E-state index in [0.29, 0.717) is 0 Å². The lowest BCUT2D eigenvalue weighted by atomic mass is 10.0. The van der Waals surface area contributed by atoms with Crippen molar-refractivity contribution in [3.8, 4) is 22.4 Å². The minimum absolute atomic E-state index is 0.226. The molecule has 0 aliphatic rings. The molecule has 0 unspecified atom stereocenters. The van der Waals surface area contributed by atoms with Crippen LogP contribution in [0.1, 0.15) is 19.9 Å². The summed E-state index contributed by atoms with van der Waals surface area (Å²) in [5.41, 5.74) is 3.99. The Morgan fingerprint density at radius 1 is 0.905 bits per heavy atom. The number of rotatable bonds is 3. The lowest BCUT2D eigenvalue weighted by molar-refractivity contribution is 0.534. The van der Waals surface area contributed by atoms with Crippen LogP contribution in [0.5, 0.6) is 0 Å². The van der Waals surface area contributed by atoms with E-state index in [1.807, 2.05) is 41.2 Å². The van der Waals surface area contributed by atoms with E-state index < -0.39 is 0 Å². The minimum atomic E-state index is -0.226. The number of halogens is 1. The van der Waals surface area contributed by atoms with E-state index in [1.165, 1.54) is 12.1 Å². The van der Waals surface area contributed by atoms with Crippen LogP contribution < -0.4 is 0 Å². The smallest absolute Gasteiger partial charge is 0.123 e. The molecule has 0 bridgehead atoms. The van der Waals surface area contributed by atoms with E-state index >= 15 is 0 Å². The maximum absolute atomic E-state index is 13.1. The molecule has 0 atom stereocenters. The Labute approximate surface area is 123 Å². The SMILES string of the molecule is CC(C)n1cc(-c2ccc(F)cc2)c(-c2ccccc2)n1. The van der Waals surface area contributed by atoms with E-state index in [0.717, 1.165) is 22.4 Å². The summed E-state index contributed by atoms with van der Waals surface area (Å²) >= 11 is 0. The van der Waals surface area contributed by atoms with Crippen LogP contribution in [0.25, 0.3) is 22.4 Å². The molecular weight excluding hydrogens is 263 g/mol. The molecule has 0 fully saturated rings. The molecule has 0 saturated carbocycles. The molecule has 1 aromatic heterocycles. The molecule has 3 rings (SSSR count). The molecule has 0 spiro atoms. The number of benzene rings is 2. The number of hydrogen-bond donors (Lipinski definition) is 0. The van der Waals surface area contributed by atoms with Crippen LogP contribution in [0.4, 0.5) is 4.39 Å². The van der Waals surface area contributed by atoms with Crippen LogP contribution in [-0.4, -0.2) is 9.78 Å². The fourth-order valence-electron chi connectivity index (χ4n) is 2.31. The van der Waals surface area contributed by atoms with E-state index in [1.54, 1.807) is 12.1 Å². The highest BCUT2D eigenvalue weighted by molar-refractivity contribution is 5.80. The van der Waals surface area contributed by atoms with Gasteiger partial charge < -0.3 is 0 Å². The Bertz CT molecular complexity index is 728. The van der Waals surface area contributed by atoms with Gasteiger partial charge in [-0.15, -0.1) is 0 Å². The summed E-state index contributed by atoms with van der Waals surface area (Å²) in [6, 6.07) is 16.9. The molecule has 0 aliphatic heterocycles. The summed E-state index contributed by atoms with van der Waals surface area (Å²) in [6.07, 6.45) is 2.03. The Kier molecular flexibility index (Phi) is 3.57. The second kappa shape index (κ2) is 5.52. The van der Waals surface area contributed by atoms with Gasteiger partial charge in [0.15, 0.2) is 0 Å². The van der Waals surface area contributed by atoms with Crippen molar-refractivity contribution in [3.63, 3.8) is 0 Å². The van der Waals surface area contributed by atoms with Crippen molar-refractivity contribution < 1.29 is 4.39 Å². The Hall–Kier alpha value is -2.42. The Balaban J connectivity index is 2.16. The highest BCUT2D eigenvalue weighted by atomic mass is 19.1. The fourth-order valence-corrected chi connectivity index (χ4v) is 2.31. The van der Waals surface area contributed by atoms with Crippen LogP contribution >= 0.6 is 0 Å². The normalized spacial score (nSPS) is 11.0. The molecule has 3 aromatic rings. The summed E-state index contributed by atoms with van der Waals surface area (Å²) in [4.78, 5) is 0. The standard InChI is InChI=1S/C18H17FN2/c1-13(2)21-12-17(14-8-10-16(19)11-9-14)18(20-21)15-6-4-3-5-7-15/h3-13H,1-2H3. The summed E-state index contributed by atoms with van der Waals surface area (Å²) < 4.78 is 15.1. The third kappa shape index (κ3) is 2.72. The van der Waals surface area contributed by atoms with Crippen LogP contribution in [0.3, 0.4) is 0 Å². The lowest BCUT2D eigenvalue weighted by Crippen LogP contribution is -2.00. The van der Waals surface area contributed by atoms with E-state index in [9.17, 15) is 4.39 Å². The molecule has 2 nitrogen and oxygen atoms in total. The zero-order valence-electron chi connectivity index (χ0n) is 12.1. The predicted molar refractivity (Wildman–Crippen MR) is 83.4 cm³/mol. The topological polar surface area (TPSA) is 17.8 Å². The average Bonchev–Trinajstić information content (AvgIpc) is 2.94. The van der Waals surface area contributed by atoms with Crippen LogP contribution in [-0.2, 0) is 0 Å². The molecule has 1 heterocycles. The molecule has 0 radical (unpaired) electrons. The zero-order valence-corrected chi connectivity index (χ0v) is 12.1. The molecule has 21 heavy (non-hydrogen) atoms. The molecule has 0 N–H and O–H groups in total. The first kappa shape index (κ1) is 13.6. The second-order valence-corrected chi connectivity index (χ2v) is 5.34. The zero-order chi connectivity index (χ0) is 14.8. The molecule has 0 amide bonds. The van der Waals surface area contributed by atoms with Crippen LogP contribution in [0, 0.1) is 5.82 Å². The van der Waals surface area contributed by atoms with Gasteiger partial charge >= 0.3 is 0 Å². The van der Waals surface area contributed by atoms with Crippen molar-refractivity contribution in [3.05, 3.63) is 66.6 Å². The molecule has 106 valence electrons. The van der Waals surface area contributed by atoms with Crippen LogP contribution in [0.15, 0.2) is 60.8 Å². The number of nitrogens with zero attached hydrogens (tertiary/aromatic N) is 2. The first-order valence-corrected chi connectivity index (χ1v) is 7.05. The van der Waals surface area contributed by atoms with E-state index in [4.69, 9.17) is 5.10 Å². The molecule has 2 aromatic carbocycles. The van der Waals surface area contributed by atoms with E-state index in [2.05, 4.69) is 13.8 Å². The van der Waals surface area contributed by atoms with Gasteiger partial charge in [-0.05, 0) is 31.5 Å². The van der Waals surface area contributed by atoms with Gasteiger partial charge in [0.1, 0.15) is 11.5 Å². The van der Waals surface area contributed by atoms with Crippen molar-refractivity contribution in [1.29, 1.82) is 0 Å². The van der Waals surface area contributed by atoms with Crippen molar-refractivity contribution >= 4 is 0 Å². The maximum atomic E-state index is 13.1.